The number of fused-ring (bicyclic) bond motifs is 3. The molecule has 0 nitrogen and oxygen atoms in total. The van der Waals surface area contributed by atoms with Gasteiger partial charge in [-0.15, -0.1) is 0 Å². The third-order valence-electron chi connectivity index (χ3n) is 7.13. The lowest BCUT2D eigenvalue weighted by Gasteiger charge is -2.17. The molecule has 0 saturated carbocycles. The van der Waals surface area contributed by atoms with Crippen LogP contribution < -0.4 is 0 Å². The van der Waals surface area contributed by atoms with E-state index in [0.29, 0.717) is 0 Å². The maximum atomic E-state index is 3.49. The van der Waals surface area contributed by atoms with Crippen molar-refractivity contribution in [1.29, 1.82) is 0 Å². The largest absolute Gasteiger partial charge is 0.0622 e. The van der Waals surface area contributed by atoms with Crippen LogP contribution in [0.15, 0.2) is 115 Å². The van der Waals surface area contributed by atoms with E-state index in [4.69, 9.17) is 0 Å². The zero-order valence-corrected chi connectivity index (χ0v) is 22.0. The van der Waals surface area contributed by atoms with E-state index < -0.39 is 0 Å². The van der Waals surface area contributed by atoms with Crippen LogP contribution in [0.3, 0.4) is 0 Å². The van der Waals surface area contributed by atoms with Crippen molar-refractivity contribution in [2.75, 3.05) is 0 Å². The molecule has 6 aliphatic carbocycles. The Morgan fingerprint density at radius 1 is 0.395 bits per heavy atom. The molecule has 0 radical (unpaired) electrons. The van der Waals surface area contributed by atoms with Crippen molar-refractivity contribution in [3.05, 3.63) is 143 Å². The molecule has 0 atom stereocenters. The summed E-state index contributed by atoms with van der Waals surface area (Å²) in [5.41, 5.74) is 12.5. The van der Waals surface area contributed by atoms with Crippen LogP contribution in [0.4, 0.5) is 0 Å². The molecule has 0 unspecified atom stereocenters. The van der Waals surface area contributed by atoms with Gasteiger partial charge in [0.05, 0.1) is 0 Å². The Balaban J connectivity index is 1.47. The first-order valence-corrected chi connectivity index (χ1v) is 13.0. The van der Waals surface area contributed by atoms with Gasteiger partial charge in [0.15, 0.2) is 0 Å². The van der Waals surface area contributed by atoms with E-state index in [0.717, 1.165) is 33.4 Å². The second-order valence-electron chi connectivity index (χ2n) is 10.7. The van der Waals surface area contributed by atoms with Crippen molar-refractivity contribution < 1.29 is 0 Å². The highest BCUT2D eigenvalue weighted by molar-refractivity contribution is 5.83. The Morgan fingerprint density at radius 3 is 1.32 bits per heavy atom. The predicted octanol–water partition coefficient (Wildman–Crippen LogP) is 9.10. The number of hydrogen-bond donors (Lipinski definition) is 0. The van der Waals surface area contributed by atoms with E-state index in [1.165, 1.54) is 27.8 Å². The molecule has 0 fully saturated rings. The van der Waals surface area contributed by atoms with Gasteiger partial charge in [0.1, 0.15) is 0 Å². The highest BCUT2D eigenvalue weighted by atomic mass is 14.2. The Kier molecular flexibility index (Phi) is 5.96. The summed E-state index contributed by atoms with van der Waals surface area (Å²) in [6.45, 7) is 6.74. The molecule has 0 heterocycles. The number of hydrogen-bond acceptors (Lipinski definition) is 0. The summed E-state index contributed by atoms with van der Waals surface area (Å²) >= 11 is 0. The third-order valence-corrected chi connectivity index (χ3v) is 7.13. The molecule has 0 aromatic heterocycles. The minimum absolute atomic E-state index is 0.0572. The molecule has 0 aromatic rings. The molecule has 0 aromatic carbocycles. The van der Waals surface area contributed by atoms with Crippen molar-refractivity contribution >= 4 is 0 Å². The summed E-state index contributed by atoms with van der Waals surface area (Å²) in [6, 6.07) is 40.5. The molecule has 0 N–H and O–H groups in total. The van der Waals surface area contributed by atoms with E-state index in [1.807, 2.05) is 0 Å². The van der Waals surface area contributed by atoms with Crippen LogP contribution in [0, 0.1) is 23.7 Å². The van der Waals surface area contributed by atoms with Crippen LogP contribution in [-0.4, -0.2) is 0 Å². The van der Waals surface area contributed by atoms with Crippen LogP contribution in [-0.2, 0) is 5.41 Å². The molecule has 180 valence electrons. The summed E-state index contributed by atoms with van der Waals surface area (Å²) < 4.78 is 0. The molecule has 0 bridgehead atoms. The van der Waals surface area contributed by atoms with Gasteiger partial charge in [-0.25, -0.2) is 0 Å². The Labute approximate surface area is 226 Å². The van der Waals surface area contributed by atoms with E-state index in [1.54, 1.807) is 0 Å². The van der Waals surface area contributed by atoms with Gasteiger partial charge in [0.25, 0.3) is 0 Å². The minimum atomic E-state index is 0.0572. The highest BCUT2D eigenvalue weighted by Gasteiger charge is 2.17. The predicted molar refractivity (Wildman–Crippen MR) is 160 cm³/mol. The van der Waals surface area contributed by atoms with Crippen LogP contribution in [0.25, 0.3) is 33.4 Å². The number of rotatable bonds is 0. The molecule has 0 heteroatoms. The second kappa shape index (κ2) is 9.59. The Bertz CT molecular complexity index is 1680. The second-order valence-corrected chi connectivity index (χ2v) is 10.7. The quantitative estimate of drug-likeness (QED) is 0.189. The summed E-state index contributed by atoms with van der Waals surface area (Å²) in [5.74, 6) is 13.9. The summed E-state index contributed by atoms with van der Waals surface area (Å²) in [4.78, 5) is 0. The third kappa shape index (κ3) is 4.54. The first-order valence-electron chi connectivity index (χ1n) is 13.0. The fourth-order valence-corrected chi connectivity index (χ4v) is 4.97. The van der Waals surface area contributed by atoms with Crippen molar-refractivity contribution in [3.8, 4) is 57.1 Å². The summed E-state index contributed by atoms with van der Waals surface area (Å²) in [5, 5.41) is 0. The average Bonchev–Trinajstić information content (AvgIpc) is 3.32. The SMILES string of the molecule is CC(C)(C)c1ccc2c(C#Cc3ccc4cccccc3-4)cc(C#Cc3ccc4cccccc3-4)c-2cc1. The molecule has 38 heavy (non-hydrogen) atoms. The van der Waals surface area contributed by atoms with E-state index in [-0.39, 0.29) is 5.41 Å². The topological polar surface area (TPSA) is 0 Å². The fraction of sp³-hybridized carbons (Fsp3) is 0.105. The van der Waals surface area contributed by atoms with Crippen LogP contribution in [0.1, 0.15) is 48.6 Å². The smallest absolute Gasteiger partial charge is 0.0340 e. The average molecular weight is 485 g/mol. The monoisotopic (exact) mass is 484 g/mol. The standard InChI is InChI=1S/C38H28/c1-38(2,3)33-22-24-36-31(20-18-29-16-14-27-10-6-4-8-12-34(27)29)26-32(37(36)25-23-33)21-19-30-17-15-28-11-7-5-9-13-35(28)30/h4-17,22-26H,1-3H3. The Morgan fingerprint density at radius 2 is 0.842 bits per heavy atom. The normalized spacial score (nSPS) is 11.1. The first kappa shape index (κ1) is 23.6. The van der Waals surface area contributed by atoms with Gasteiger partial charge in [-0.2, -0.15) is 0 Å². The van der Waals surface area contributed by atoms with Crippen LogP contribution in [0.5, 0.6) is 0 Å². The Hall–Kier alpha value is -4.78. The molecule has 0 saturated heterocycles. The van der Waals surface area contributed by atoms with Gasteiger partial charge in [-0.1, -0.05) is 142 Å². The lowest BCUT2D eigenvalue weighted by atomic mass is 9.88. The maximum Gasteiger partial charge on any atom is 0.0340 e. The van der Waals surface area contributed by atoms with Crippen molar-refractivity contribution in [3.63, 3.8) is 0 Å². The van der Waals surface area contributed by atoms with Gasteiger partial charge in [-0.05, 0) is 62.6 Å². The van der Waals surface area contributed by atoms with E-state index in [9.17, 15) is 0 Å². The van der Waals surface area contributed by atoms with Crippen molar-refractivity contribution in [1.82, 2.24) is 0 Å². The van der Waals surface area contributed by atoms with Crippen LogP contribution >= 0.6 is 0 Å². The van der Waals surface area contributed by atoms with Gasteiger partial charge < -0.3 is 0 Å². The van der Waals surface area contributed by atoms with E-state index >= 15 is 0 Å². The molecular weight excluding hydrogens is 456 g/mol. The van der Waals surface area contributed by atoms with E-state index in [2.05, 4.69) is 160 Å². The molecule has 0 spiro atoms. The van der Waals surface area contributed by atoms with Gasteiger partial charge in [0.2, 0.25) is 0 Å². The van der Waals surface area contributed by atoms with Crippen LogP contribution in [0.2, 0.25) is 0 Å². The van der Waals surface area contributed by atoms with Gasteiger partial charge in [0, 0.05) is 22.3 Å². The van der Waals surface area contributed by atoms with Crippen molar-refractivity contribution in [2.24, 2.45) is 0 Å². The molecule has 0 amide bonds. The summed E-state index contributed by atoms with van der Waals surface area (Å²) in [6.07, 6.45) is 0. The lowest BCUT2D eigenvalue weighted by Crippen LogP contribution is -2.09. The first-order chi connectivity index (χ1) is 18.5. The summed E-state index contributed by atoms with van der Waals surface area (Å²) in [7, 11) is 0. The maximum absolute atomic E-state index is 3.49. The molecular formula is C38H28. The molecule has 6 aliphatic rings. The molecule has 0 aliphatic heterocycles. The van der Waals surface area contributed by atoms with Gasteiger partial charge in [-0.3, -0.25) is 0 Å². The zero-order chi connectivity index (χ0) is 26.1. The van der Waals surface area contributed by atoms with Crippen molar-refractivity contribution in [2.45, 2.75) is 26.2 Å². The fourth-order valence-electron chi connectivity index (χ4n) is 4.97. The lowest BCUT2D eigenvalue weighted by molar-refractivity contribution is 0.591. The minimum Gasteiger partial charge on any atom is -0.0622 e. The zero-order valence-electron chi connectivity index (χ0n) is 22.0. The van der Waals surface area contributed by atoms with Gasteiger partial charge >= 0.3 is 0 Å². The highest BCUT2D eigenvalue weighted by Crippen LogP contribution is 2.34. The molecule has 6 rings (SSSR count).